The molecule has 0 spiro atoms. The number of aromatic amines is 1. The lowest BCUT2D eigenvalue weighted by Crippen LogP contribution is -2.29. The summed E-state index contributed by atoms with van der Waals surface area (Å²) in [7, 11) is 0. The summed E-state index contributed by atoms with van der Waals surface area (Å²) in [5, 5.41) is 9.77. The van der Waals surface area contributed by atoms with Gasteiger partial charge in [0.05, 0.1) is 23.1 Å². The topological polar surface area (TPSA) is 71.8 Å². The molecular formula is C14H14F3N3O2. The first kappa shape index (κ1) is 14.8. The predicted octanol–water partition coefficient (Wildman–Crippen LogP) is 3.35. The predicted molar refractivity (Wildman–Crippen MR) is 69.6 cm³/mol. The molecule has 2 heterocycles. The third-order valence-electron chi connectivity index (χ3n) is 4.07. The number of carbonyl (C=O) groups is 1. The molecule has 1 atom stereocenters. The van der Waals surface area contributed by atoms with Gasteiger partial charge in [-0.05, 0) is 6.42 Å². The van der Waals surface area contributed by atoms with Crippen molar-refractivity contribution in [2.24, 2.45) is 0 Å². The van der Waals surface area contributed by atoms with E-state index in [2.05, 4.69) is 19.9 Å². The quantitative estimate of drug-likeness (QED) is 0.923. The number of carbonyl (C=O) groups excluding carboxylic acids is 1. The molecule has 0 aromatic carbocycles. The summed E-state index contributed by atoms with van der Waals surface area (Å²) in [5.74, 6) is -2.81. The number of H-pyrrole nitrogens is 1. The van der Waals surface area contributed by atoms with E-state index in [1.807, 2.05) is 13.8 Å². The maximum Gasteiger partial charge on any atom is 0.404 e. The van der Waals surface area contributed by atoms with Crippen molar-refractivity contribution in [2.75, 3.05) is 0 Å². The van der Waals surface area contributed by atoms with Crippen LogP contribution in [0.3, 0.4) is 0 Å². The van der Waals surface area contributed by atoms with E-state index >= 15 is 0 Å². The van der Waals surface area contributed by atoms with Gasteiger partial charge in [0.1, 0.15) is 0 Å². The second-order valence-corrected chi connectivity index (χ2v) is 6.06. The number of aromatic nitrogens is 3. The number of Topliss-reactive ketones (excluding diaryl/α,β-unsaturated/α-hetero) is 1. The number of hydrogen-bond donors (Lipinski definition) is 1. The molecule has 0 bridgehead atoms. The second-order valence-electron chi connectivity index (χ2n) is 6.06. The summed E-state index contributed by atoms with van der Waals surface area (Å²) in [6, 6.07) is 1.14. The van der Waals surface area contributed by atoms with Crippen LogP contribution in [0.25, 0.3) is 0 Å². The Morgan fingerprint density at radius 3 is 2.73 bits per heavy atom. The Morgan fingerprint density at radius 2 is 2.14 bits per heavy atom. The van der Waals surface area contributed by atoms with Crippen LogP contribution in [0.1, 0.15) is 60.1 Å². The van der Waals surface area contributed by atoms with Crippen LogP contribution in [0.5, 0.6) is 0 Å². The number of hydrogen-bond acceptors (Lipinski definition) is 4. The molecule has 0 saturated carbocycles. The van der Waals surface area contributed by atoms with E-state index in [0.29, 0.717) is 12.1 Å². The molecule has 1 aliphatic rings. The van der Waals surface area contributed by atoms with E-state index in [1.165, 1.54) is 0 Å². The molecule has 5 nitrogen and oxygen atoms in total. The van der Waals surface area contributed by atoms with Gasteiger partial charge < -0.3 is 4.52 Å². The average Bonchev–Trinajstić information content (AvgIpc) is 3.04. The zero-order valence-electron chi connectivity index (χ0n) is 12.0. The number of rotatable bonds is 2. The molecule has 8 heteroatoms. The molecule has 118 valence electrons. The molecular weight excluding hydrogens is 299 g/mol. The summed E-state index contributed by atoms with van der Waals surface area (Å²) in [5.41, 5.74) is -0.272. The van der Waals surface area contributed by atoms with Crippen molar-refractivity contribution in [3.05, 3.63) is 35.0 Å². The van der Waals surface area contributed by atoms with Crippen molar-refractivity contribution in [2.45, 2.75) is 44.2 Å². The van der Waals surface area contributed by atoms with E-state index in [1.54, 1.807) is 0 Å². The Kier molecular flexibility index (Phi) is 3.15. The number of halogens is 3. The fourth-order valence-corrected chi connectivity index (χ4v) is 2.84. The smallest absolute Gasteiger partial charge is 0.360 e. The number of fused-ring (bicyclic) bond motifs is 1. The van der Waals surface area contributed by atoms with E-state index in [9.17, 15) is 18.0 Å². The molecule has 2 aromatic heterocycles. The van der Waals surface area contributed by atoms with Crippen LogP contribution in [0, 0.1) is 0 Å². The molecule has 0 amide bonds. The maximum absolute atomic E-state index is 13.5. The van der Waals surface area contributed by atoms with Gasteiger partial charge in [0.15, 0.2) is 17.5 Å². The first-order valence-electron chi connectivity index (χ1n) is 6.81. The van der Waals surface area contributed by atoms with Crippen LogP contribution < -0.4 is 0 Å². The molecule has 3 rings (SSSR count). The molecule has 0 fully saturated rings. The molecule has 0 aliphatic heterocycles. The Balaban J connectivity index is 2.19. The van der Waals surface area contributed by atoms with Crippen LogP contribution in [-0.4, -0.2) is 27.3 Å². The van der Waals surface area contributed by atoms with Gasteiger partial charge in [0.25, 0.3) is 0 Å². The highest BCUT2D eigenvalue weighted by atomic mass is 19.4. The van der Waals surface area contributed by atoms with Crippen LogP contribution >= 0.6 is 0 Å². The molecule has 1 unspecified atom stereocenters. The van der Waals surface area contributed by atoms with Crippen LogP contribution in [-0.2, 0) is 5.41 Å². The fraction of sp³-hybridized carbons (Fsp3) is 0.500. The van der Waals surface area contributed by atoms with Gasteiger partial charge in [-0.25, -0.2) is 0 Å². The first-order chi connectivity index (χ1) is 10.2. The fourth-order valence-electron chi connectivity index (χ4n) is 2.84. The number of nitrogens with zero attached hydrogens (tertiary/aromatic N) is 2. The van der Waals surface area contributed by atoms with Crippen LogP contribution in [0.15, 0.2) is 16.8 Å². The van der Waals surface area contributed by atoms with Gasteiger partial charge in [-0.3, -0.25) is 9.89 Å². The summed E-state index contributed by atoms with van der Waals surface area (Å²) >= 11 is 0. The lowest BCUT2D eigenvalue weighted by Gasteiger charge is -2.29. The van der Waals surface area contributed by atoms with Crippen molar-refractivity contribution < 1.29 is 22.5 Å². The van der Waals surface area contributed by atoms with Crippen molar-refractivity contribution in [3.63, 3.8) is 0 Å². The van der Waals surface area contributed by atoms with Crippen molar-refractivity contribution in [1.29, 1.82) is 0 Å². The van der Waals surface area contributed by atoms with E-state index in [4.69, 9.17) is 0 Å². The molecule has 1 aliphatic carbocycles. The largest absolute Gasteiger partial charge is 0.404 e. The van der Waals surface area contributed by atoms with Gasteiger partial charge >= 0.3 is 6.18 Å². The highest BCUT2D eigenvalue weighted by Crippen LogP contribution is 2.45. The number of alkyl halides is 3. The van der Waals surface area contributed by atoms with Crippen LogP contribution in [0.2, 0.25) is 0 Å². The zero-order chi connectivity index (χ0) is 16.1. The highest BCUT2D eigenvalue weighted by Gasteiger charge is 2.49. The summed E-state index contributed by atoms with van der Waals surface area (Å²) < 4.78 is 45.1. The van der Waals surface area contributed by atoms with Crippen molar-refractivity contribution in [1.82, 2.24) is 15.4 Å². The lowest BCUT2D eigenvalue weighted by molar-refractivity contribution is -0.145. The third kappa shape index (κ3) is 2.22. The highest BCUT2D eigenvalue weighted by molar-refractivity contribution is 6.00. The standard InChI is InChI=1S/C14H14F3N3O2/c1-13(2)5-3-7(21)9-11(19-20-12(9)13)10(14(15,16)17)8-4-6-18-22-8/h4,6,10H,3,5H2,1-2H3,(H,19,20). The average molecular weight is 313 g/mol. The first-order valence-corrected chi connectivity index (χ1v) is 6.81. The Labute approximate surface area is 123 Å². The number of nitrogens with one attached hydrogen (secondary N) is 1. The van der Waals surface area contributed by atoms with Crippen molar-refractivity contribution in [3.8, 4) is 0 Å². The minimum atomic E-state index is -4.63. The molecule has 0 radical (unpaired) electrons. The van der Waals surface area contributed by atoms with Crippen LogP contribution in [0.4, 0.5) is 13.2 Å². The van der Waals surface area contributed by atoms with Crippen molar-refractivity contribution >= 4 is 5.78 Å². The normalized spacial score (nSPS) is 19.0. The van der Waals surface area contributed by atoms with Gasteiger partial charge in [0.2, 0.25) is 0 Å². The second kappa shape index (κ2) is 4.69. The SMILES string of the molecule is CC1(C)CCC(=O)c2c(C(c3ccno3)C(F)(F)F)n[nH]c21. The summed E-state index contributed by atoms with van der Waals surface area (Å²) in [6.07, 6.45) is -2.73. The Hall–Kier alpha value is -2.12. The Morgan fingerprint density at radius 1 is 1.41 bits per heavy atom. The zero-order valence-corrected chi connectivity index (χ0v) is 12.0. The molecule has 22 heavy (non-hydrogen) atoms. The van der Waals surface area contributed by atoms with E-state index in [-0.39, 0.29) is 29.2 Å². The molecule has 1 N–H and O–H groups in total. The monoisotopic (exact) mass is 313 g/mol. The minimum Gasteiger partial charge on any atom is -0.360 e. The van der Waals surface area contributed by atoms with Gasteiger partial charge in [0, 0.05) is 17.9 Å². The molecule has 2 aromatic rings. The van der Waals surface area contributed by atoms with E-state index < -0.39 is 17.5 Å². The Bertz CT molecular complexity index is 701. The van der Waals surface area contributed by atoms with Gasteiger partial charge in [-0.2, -0.15) is 18.3 Å². The summed E-state index contributed by atoms with van der Waals surface area (Å²) in [6.45, 7) is 3.74. The van der Waals surface area contributed by atoms with Gasteiger partial charge in [-0.1, -0.05) is 19.0 Å². The number of ketones is 1. The minimum absolute atomic E-state index is 0.0370. The third-order valence-corrected chi connectivity index (χ3v) is 4.07. The van der Waals surface area contributed by atoms with Gasteiger partial charge in [-0.15, -0.1) is 0 Å². The molecule has 0 saturated heterocycles. The summed E-state index contributed by atoms with van der Waals surface area (Å²) in [4.78, 5) is 12.2. The van der Waals surface area contributed by atoms with E-state index in [0.717, 1.165) is 12.3 Å². The lowest BCUT2D eigenvalue weighted by atomic mass is 9.74. The maximum atomic E-state index is 13.5.